The van der Waals surface area contributed by atoms with Crippen LogP contribution in [-0.4, -0.2) is 47.0 Å². The van der Waals surface area contributed by atoms with Crippen LogP contribution in [0.4, 0.5) is 0 Å². The van der Waals surface area contributed by atoms with Gasteiger partial charge in [-0.1, -0.05) is 6.07 Å². The number of rotatable bonds is 4. The van der Waals surface area contributed by atoms with Crippen LogP contribution in [0.5, 0.6) is 17.4 Å². The molecule has 0 saturated carbocycles. The first-order valence-corrected chi connectivity index (χ1v) is 8.81. The lowest BCUT2D eigenvalue weighted by Crippen LogP contribution is -2.45. The Morgan fingerprint density at radius 1 is 1.23 bits per heavy atom. The average molecular weight is 355 g/mol. The quantitative estimate of drug-likeness (QED) is 0.836. The number of benzene rings is 1. The molecular weight excluding hydrogens is 334 g/mol. The third-order valence-corrected chi connectivity index (χ3v) is 4.58. The summed E-state index contributed by atoms with van der Waals surface area (Å²) >= 11 is 0. The molecule has 1 atom stereocenters. The summed E-state index contributed by atoms with van der Waals surface area (Å²) < 4.78 is 16.6. The molecule has 0 N–H and O–H groups in total. The summed E-state index contributed by atoms with van der Waals surface area (Å²) in [5, 5.41) is 8.05. The molecule has 1 fully saturated rings. The highest BCUT2D eigenvalue weighted by molar-refractivity contribution is 5.79. The number of hydrogen-bond donors (Lipinski definition) is 0. The van der Waals surface area contributed by atoms with E-state index in [4.69, 9.17) is 14.2 Å². The highest BCUT2D eigenvalue weighted by atomic mass is 16.7. The molecule has 136 valence electrons. The van der Waals surface area contributed by atoms with E-state index in [1.54, 1.807) is 0 Å². The van der Waals surface area contributed by atoms with Gasteiger partial charge in [-0.3, -0.25) is 4.79 Å². The zero-order valence-corrected chi connectivity index (χ0v) is 14.7. The van der Waals surface area contributed by atoms with Gasteiger partial charge in [-0.05, 0) is 43.5 Å². The number of ether oxygens (including phenoxy) is 3. The molecule has 0 bridgehead atoms. The topological polar surface area (TPSA) is 73.8 Å². The number of likely N-dealkylation sites (tertiary alicyclic amines) is 1. The SMILES string of the molecule is Cc1ccc(OC2CCCN(C(=O)Cc3ccc4c(c3)OCO4)C2)nn1. The lowest BCUT2D eigenvalue weighted by Gasteiger charge is -2.32. The maximum Gasteiger partial charge on any atom is 0.233 e. The van der Waals surface area contributed by atoms with Gasteiger partial charge in [0.1, 0.15) is 6.10 Å². The molecule has 2 aromatic rings. The van der Waals surface area contributed by atoms with Crippen LogP contribution in [0.3, 0.4) is 0 Å². The van der Waals surface area contributed by atoms with Crippen molar-refractivity contribution in [3.63, 3.8) is 0 Å². The van der Waals surface area contributed by atoms with Gasteiger partial charge in [-0.15, -0.1) is 5.10 Å². The number of aryl methyl sites for hydroxylation is 1. The summed E-state index contributed by atoms with van der Waals surface area (Å²) in [6, 6.07) is 9.32. The van der Waals surface area contributed by atoms with Crippen LogP contribution in [0.1, 0.15) is 24.1 Å². The van der Waals surface area contributed by atoms with Crippen molar-refractivity contribution in [2.75, 3.05) is 19.9 Å². The molecule has 1 amide bonds. The highest BCUT2D eigenvalue weighted by Gasteiger charge is 2.25. The summed E-state index contributed by atoms with van der Waals surface area (Å²) in [6.07, 6.45) is 2.11. The molecular formula is C19H21N3O4. The van der Waals surface area contributed by atoms with Crippen molar-refractivity contribution in [1.29, 1.82) is 0 Å². The summed E-state index contributed by atoms with van der Waals surface area (Å²) in [5.74, 6) is 2.03. The first-order chi connectivity index (χ1) is 12.7. The predicted molar refractivity (Wildman–Crippen MR) is 93.3 cm³/mol. The van der Waals surface area contributed by atoms with Gasteiger partial charge in [0.15, 0.2) is 11.5 Å². The number of carbonyl (C=O) groups excluding carboxylic acids is 1. The second-order valence-corrected chi connectivity index (χ2v) is 6.60. The van der Waals surface area contributed by atoms with Gasteiger partial charge in [-0.25, -0.2) is 0 Å². The number of carbonyl (C=O) groups is 1. The van der Waals surface area contributed by atoms with E-state index in [-0.39, 0.29) is 18.8 Å². The molecule has 0 aliphatic carbocycles. The van der Waals surface area contributed by atoms with Crippen molar-refractivity contribution >= 4 is 5.91 Å². The minimum Gasteiger partial charge on any atom is -0.471 e. The molecule has 1 aromatic carbocycles. The second kappa shape index (κ2) is 7.19. The van der Waals surface area contributed by atoms with Crippen molar-refractivity contribution < 1.29 is 19.0 Å². The van der Waals surface area contributed by atoms with Crippen molar-refractivity contribution in [1.82, 2.24) is 15.1 Å². The standard InChI is InChI=1S/C19H21N3O4/c1-13-4-7-18(21-20-13)26-15-3-2-8-22(11-15)19(23)10-14-5-6-16-17(9-14)25-12-24-16/h4-7,9,15H,2-3,8,10-12H2,1H3. The Morgan fingerprint density at radius 3 is 2.96 bits per heavy atom. The minimum atomic E-state index is -0.0542. The predicted octanol–water partition coefficient (Wildman–Crippen LogP) is 2.13. The molecule has 7 heteroatoms. The fraction of sp³-hybridized carbons (Fsp3) is 0.421. The summed E-state index contributed by atoms with van der Waals surface area (Å²) in [4.78, 5) is 14.5. The van der Waals surface area contributed by atoms with E-state index < -0.39 is 0 Å². The van der Waals surface area contributed by atoms with Gasteiger partial charge in [-0.2, -0.15) is 5.10 Å². The Morgan fingerprint density at radius 2 is 2.12 bits per heavy atom. The monoisotopic (exact) mass is 355 g/mol. The van der Waals surface area contributed by atoms with Gasteiger partial charge in [0, 0.05) is 12.6 Å². The van der Waals surface area contributed by atoms with Crippen LogP contribution in [0.25, 0.3) is 0 Å². The molecule has 0 radical (unpaired) electrons. The first kappa shape index (κ1) is 16.6. The minimum absolute atomic E-state index is 0.0542. The average Bonchev–Trinajstić information content (AvgIpc) is 3.12. The summed E-state index contributed by atoms with van der Waals surface area (Å²) in [6.45, 7) is 3.44. The molecule has 1 aromatic heterocycles. The van der Waals surface area contributed by atoms with Crippen LogP contribution in [0.2, 0.25) is 0 Å². The number of fused-ring (bicyclic) bond motifs is 1. The van der Waals surface area contributed by atoms with Crippen molar-refractivity contribution in [3.05, 3.63) is 41.6 Å². The summed E-state index contributed by atoms with van der Waals surface area (Å²) in [7, 11) is 0. The molecule has 0 spiro atoms. The fourth-order valence-corrected chi connectivity index (χ4v) is 3.22. The normalized spacial score (nSPS) is 18.7. The van der Waals surface area contributed by atoms with Crippen molar-refractivity contribution in [2.45, 2.75) is 32.3 Å². The number of nitrogens with zero attached hydrogens (tertiary/aromatic N) is 3. The molecule has 2 aliphatic heterocycles. The van der Waals surface area contributed by atoms with Crippen LogP contribution in [0.15, 0.2) is 30.3 Å². The highest BCUT2D eigenvalue weighted by Crippen LogP contribution is 2.32. The maximum atomic E-state index is 12.7. The Hall–Kier alpha value is -2.83. The van der Waals surface area contributed by atoms with Crippen LogP contribution in [0, 0.1) is 6.92 Å². The molecule has 1 unspecified atom stereocenters. The first-order valence-electron chi connectivity index (χ1n) is 8.81. The maximum absolute atomic E-state index is 12.7. The number of amides is 1. The zero-order chi connectivity index (χ0) is 17.9. The van der Waals surface area contributed by atoms with Gasteiger partial charge >= 0.3 is 0 Å². The van der Waals surface area contributed by atoms with E-state index in [9.17, 15) is 4.79 Å². The lowest BCUT2D eigenvalue weighted by molar-refractivity contribution is -0.133. The number of aromatic nitrogens is 2. The van der Waals surface area contributed by atoms with Gasteiger partial charge in [0.2, 0.25) is 18.6 Å². The van der Waals surface area contributed by atoms with E-state index in [0.29, 0.717) is 24.6 Å². The van der Waals surface area contributed by atoms with E-state index in [1.165, 1.54) is 0 Å². The Balaban J connectivity index is 1.36. The summed E-state index contributed by atoms with van der Waals surface area (Å²) in [5.41, 5.74) is 1.77. The molecule has 2 aliphatic rings. The second-order valence-electron chi connectivity index (χ2n) is 6.60. The van der Waals surface area contributed by atoms with Crippen LogP contribution >= 0.6 is 0 Å². The van der Waals surface area contributed by atoms with E-state index in [1.807, 2.05) is 42.2 Å². The molecule has 7 nitrogen and oxygen atoms in total. The van der Waals surface area contributed by atoms with Crippen LogP contribution in [-0.2, 0) is 11.2 Å². The molecule has 4 rings (SSSR count). The van der Waals surface area contributed by atoms with E-state index in [0.717, 1.165) is 36.4 Å². The largest absolute Gasteiger partial charge is 0.471 e. The number of hydrogen-bond acceptors (Lipinski definition) is 6. The number of piperidine rings is 1. The smallest absolute Gasteiger partial charge is 0.233 e. The molecule has 3 heterocycles. The van der Waals surface area contributed by atoms with E-state index in [2.05, 4.69) is 10.2 Å². The molecule has 1 saturated heterocycles. The third kappa shape index (κ3) is 3.71. The fourth-order valence-electron chi connectivity index (χ4n) is 3.22. The zero-order valence-electron chi connectivity index (χ0n) is 14.7. The Labute approximate surface area is 151 Å². The Bertz CT molecular complexity index is 794. The lowest BCUT2D eigenvalue weighted by atomic mass is 10.1. The van der Waals surface area contributed by atoms with Crippen molar-refractivity contribution in [3.8, 4) is 17.4 Å². The van der Waals surface area contributed by atoms with Crippen molar-refractivity contribution in [2.24, 2.45) is 0 Å². The van der Waals surface area contributed by atoms with Gasteiger partial charge in [0.25, 0.3) is 0 Å². The third-order valence-electron chi connectivity index (χ3n) is 4.58. The van der Waals surface area contributed by atoms with Gasteiger partial charge < -0.3 is 19.1 Å². The van der Waals surface area contributed by atoms with Gasteiger partial charge in [0.05, 0.1) is 18.7 Å². The molecule has 26 heavy (non-hydrogen) atoms. The Kier molecular flexibility index (Phi) is 4.60. The van der Waals surface area contributed by atoms with Crippen LogP contribution < -0.4 is 14.2 Å². The van der Waals surface area contributed by atoms with E-state index >= 15 is 0 Å².